The maximum Gasteiger partial charge on any atom is 0.329 e. The van der Waals surface area contributed by atoms with E-state index in [0.29, 0.717) is 32.8 Å². The molecule has 2 N–H and O–H groups in total. The van der Waals surface area contributed by atoms with Crippen LogP contribution in [0.4, 0.5) is 14.9 Å². The normalized spacial score (nSPS) is 14.1. The number of carbonyl (C=O) groups is 3. The predicted octanol–water partition coefficient (Wildman–Crippen LogP) is 4.71. The third-order valence-electron chi connectivity index (χ3n) is 5.20. The summed E-state index contributed by atoms with van der Waals surface area (Å²) >= 11 is 3.43. The first-order valence-corrected chi connectivity index (χ1v) is 11.6. The Balaban J connectivity index is 1.40. The topological polar surface area (TPSA) is 97.0 Å². The number of ether oxygens (including phenoxy) is 2. The average molecular weight is 554 g/mol. The number of hydrogen-bond donors (Lipinski definition) is 2. The average Bonchev–Trinajstić information content (AvgIpc) is 3.11. The molecule has 1 aliphatic heterocycles. The van der Waals surface area contributed by atoms with E-state index in [1.165, 1.54) is 25.3 Å². The van der Waals surface area contributed by atoms with E-state index in [2.05, 4.69) is 26.6 Å². The minimum absolute atomic E-state index is 0.0328. The van der Waals surface area contributed by atoms with E-state index < -0.39 is 24.4 Å². The van der Waals surface area contributed by atoms with Crippen LogP contribution < -0.4 is 20.1 Å². The lowest BCUT2D eigenvalue weighted by Crippen LogP contribution is -2.38. The summed E-state index contributed by atoms with van der Waals surface area (Å²) in [6, 6.07) is 17.3. The van der Waals surface area contributed by atoms with E-state index in [0.717, 1.165) is 4.90 Å². The number of halogens is 2. The Morgan fingerprint density at radius 3 is 2.64 bits per heavy atom. The van der Waals surface area contributed by atoms with Crippen LogP contribution in [0.15, 0.2) is 76.9 Å². The summed E-state index contributed by atoms with van der Waals surface area (Å²) in [7, 11) is 1.47. The molecule has 1 fully saturated rings. The van der Waals surface area contributed by atoms with Crippen LogP contribution in [0.1, 0.15) is 11.1 Å². The number of urea groups is 1. The standard InChI is InChI=1S/C26H21BrFN3O5/c1-35-23-8-3-2-7-20(23)29-24(32)14-31-25(33)21(30-26(31)34)13-16-9-10-22(19(27)12-16)36-15-17-5-4-6-18(28)11-17/h2-13H,14-15H2,1H3,(H,29,32)(H,30,34)/b21-13+. The summed E-state index contributed by atoms with van der Waals surface area (Å²) < 4.78 is 24.9. The lowest BCUT2D eigenvalue weighted by atomic mass is 10.2. The van der Waals surface area contributed by atoms with Crippen LogP contribution in [0.25, 0.3) is 6.08 Å². The highest BCUT2D eigenvalue weighted by Crippen LogP contribution is 2.28. The van der Waals surface area contributed by atoms with Crippen LogP contribution in [0.5, 0.6) is 11.5 Å². The molecular formula is C26H21BrFN3O5. The summed E-state index contributed by atoms with van der Waals surface area (Å²) in [5, 5.41) is 5.13. The Hall–Kier alpha value is -4.18. The van der Waals surface area contributed by atoms with Gasteiger partial charge in [0.05, 0.1) is 17.3 Å². The van der Waals surface area contributed by atoms with Gasteiger partial charge in [-0.2, -0.15) is 0 Å². The molecule has 10 heteroatoms. The monoisotopic (exact) mass is 553 g/mol. The number of amides is 4. The Bertz CT molecular complexity index is 1360. The number of benzene rings is 3. The van der Waals surface area contributed by atoms with Crippen molar-refractivity contribution in [3.05, 3.63) is 93.8 Å². The van der Waals surface area contributed by atoms with Crippen molar-refractivity contribution in [1.82, 2.24) is 10.2 Å². The molecule has 0 aromatic heterocycles. The maximum absolute atomic E-state index is 13.3. The number of carbonyl (C=O) groups excluding carboxylic acids is 3. The summed E-state index contributed by atoms with van der Waals surface area (Å²) in [5.41, 5.74) is 1.76. The van der Waals surface area contributed by atoms with Crippen molar-refractivity contribution in [3.8, 4) is 11.5 Å². The molecule has 0 bridgehead atoms. The van der Waals surface area contributed by atoms with Crippen molar-refractivity contribution < 1.29 is 28.2 Å². The lowest BCUT2D eigenvalue weighted by Gasteiger charge is -2.13. The van der Waals surface area contributed by atoms with Crippen LogP contribution >= 0.6 is 15.9 Å². The number of methoxy groups -OCH3 is 1. The van der Waals surface area contributed by atoms with Crippen LogP contribution in [0, 0.1) is 5.82 Å². The summed E-state index contributed by atoms with van der Waals surface area (Å²) in [6.07, 6.45) is 1.50. The van der Waals surface area contributed by atoms with Crippen molar-refractivity contribution in [1.29, 1.82) is 0 Å². The molecule has 0 spiro atoms. The van der Waals surface area contributed by atoms with Crippen molar-refractivity contribution in [2.75, 3.05) is 19.0 Å². The van der Waals surface area contributed by atoms with Gasteiger partial charge in [-0.1, -0.05) is 30.3 Å². The fourth-order valence-corrected chi connectivity index (χ4v) is 3.99. The zero-order valence-electron chi connectivity index (χ0n) is 19.1. The highest BCUT2D eigenvalue weighted by atomic mass is 79.9. The van der Waals surface area contributed by atoms with E-state index in [-0.39, 0.29) is 18.1 Å². The quantitative estimate of drug-likeness (QED) is 0.311. The molecule has 0 unspecified atom stereocenters. The molecule has 4 amide bonds. The Morgan fingerprint density at radius 1 is 1.08 bits per heavy atom. The van der Waals surface area contributed by atoms with Gasteiger partial charge in [0, 0.05) is 0 Å². The summed E-state index contributed by atoms with van der Waals surface area (Å²) in [6.45, 7) is -0.284. The minimum Gasteiger partial charge on any atom is -0.495 e. The lowest BCUT2D eigenvalue weighted by molar-refractivity contribution is -0.127. The van der Waals surface area contributed by atoms with E-state index >= 15 is 0 Å². The third-order valence-corrected chi connectivity index (χ3v) is 5.82. The second-order valence-corrected chi connectivity index (χ2v) is 8.59. The molecular weight excluding hydrogens is 533 g/mol. The minimum atomic E-state index is -0.699. The maximum atomic E-state index is 13.3. The SMILES string of the molecule is COc1ccccc1NC(=O)CN1C(=O)N/C(=C/c2ccc(OCc3cccc(F)c3)c(Br)c2)C1=O. The Morgan fingerprint density at radius 2 is 1.89 bits per heavy atom. The molecule has 8 nitrogen and oxygen atoms in total. The first kappa shape index (κ1) is 24.9. The van der Waals surface area contributed by atoms with Gasteiger partial charge in [0.15, 0.2) is 0 Å². The fourth-order valence-electron chi connectivity index (χ4n) is 3.47. The van der Waals surface area contributed by atoms with Crippen molar-refractivity contribution >= 4 is 45.5 Å². The van der Waals surface area contributed by atoms with Gasteiger partial charge < -0.3 is 20.1 Å². The molecule has 0 radical (unpaired) electrons. The van der Waals surface area contributed by atoms with E-state index in [1.54, 1.807) is 54.6 Å². The largest absolute Gasteiger partial charge is 0.495 e. The second-order valence-electron chi connectivity index (χ2n) is 7.74. The van der Waals surface area contributed by atoms with Gasteiger partial charge in [0.2, 0.25) is 5.91 Å². The molecule has 1 heterocycles. The number of para-hydroxylation sites is 2. The smallest absolute Gasteiger partial charge is 0.329 e. The molecule has 1 aliphatic rings. The van der Waals surface area contributed by atoms with Gasteiger partial charge in [0.1, 0.15) is 36.2 Å². The fraction of sp³-hybridized carbons (Fsp3) is 0.115. The zero-order valence-corrected chi connectivity index (χ0v) is 20.7. The van der Waals surface area contributed by atoms with E-state index in [1.807, 2.05) is 0 Å². The van der Waals surface area contributed by atoms with Gasteiger partial charge in [0.25, 0.3) is 5.91 Å². The highest BCUT2D eigenvalue weighted by Gasteiger charge is 2.35. The Labute approximate surface area is 214 Å². The zero-order chi connectivity index (χ0) is 25.7. The van der Waals surface area contributed by atoms with Gasteiger partial charge in [-0.15, -0.1) is 0 Å². The molecule has 3 aromatic carbocycles. The summed E-state index contributed by atoms with van der Waals surface area (Å²) in [5.74, 6) is -0.535. The third kappa shape index (κ3) is 5.89. The number of anilines is 1. The number of nitrogens with zero attached hydrogens (tertiary/aromatic N) is 1. The van der Waals surface area contributed by atoms with Crippen molar-refractivity contribution in [2.24, 2.45) is 0 Å². The Kier molecular flexibility index (Phi) is 7.65. The number of imide groups is 1. The molecule has 0 atom stereocenters. The van der Waals surface area contributed by atoms with Crippen molar-refractivity contribution in [3.63, 3.8) is 0 Å². The molecule has 184 valence electrons. The second kappa shape index (κ2) is 11.0. The van der Waals surface area contributed by atoms with Crippen LogP contribution in [-0.4, -0.2) is 36.4 Å². The molecule has 3 aromatic rings. The summed E-state index contributed by atoms with van der Waals surface area (Å²) in [4.78, 5) is 38.4. The van der Waals surface area contributed by atoms with Gasteiger partial charge >= 0.3 is 6.03 Å². The molecule has 36 heavy (non-hydrogen) atoms. The predicted molar refractivity (Wildman–Crippen MR) is 135 cm³/mol. The van der Waals surface area contributed by atoms with E-state index in [4.69, 9.17) is 9.47 Å². The van der Waals surface area contributed by atoms with Crippen LogP contribution in [-0.2, 0) is 16.2 Å². The van der Waals surface area contributed by atoms with Crippen LogP contribution in [0.2, 0.25) is 0 Å². The molecule has 1 saturated heterocycles. The van der Waals surface area contributed by atoms with Gasteiger partial charge in [-0.3, -0.25) is 9.59 Å². The first-order chi connectivity index (χ1) is 17.3. The molecule has 4 rings (SSSR count). The van der Waals surface area contributed by atoms with Gasteiger partial charge in [-0.25, -0.2) is 14.1 Å². The van der Waals surface area contributed by atoms with Crippen LogP contribution in [0.3, 0.4) is 0 Å². The van der Waals surface area contributed by atoms with Crippen molar-refractivity contribution in [2.45, 2.75) is 6.61 Å². The molecule has 0 aliphatic carbocycles. The molecule has 0 saturated carbocycles. The highest BCUT2D eigenvalue weighted by molar-refractivity contribution is 9.10. The number of rotatable bonds is 8. The van der Waals surface area contributed by atoms with Gasteiger partial charge in [-0.05, 0) is 69.5 Å². The van der Waals surface area contributed by atoms with E-state index in [9.17, 15) is 18.8 Å². The number of hydrogen-bond acceptors (Lipinski definition) is 5. The number of nitrogens with one attached hydrogen (secondary N) is 2. The first-order valence-electron chi connectivity index (χ1n) is 10.8.